The first-order valence-electron chi connectivity index (χ1n) is 12.6. The Hall–Kier alpha value is -3.72. The molecule has 1 amide bonds. The molecule has 0 heterocycles. The number of likely N-dealkylation sites (N-methyl/N-ethyl adjacent to an activating group) is 1. The number of phenolic OH excluding ortho intramolecular Hbond substituents is 1. The third kappa shape index (κ3) is 8.91. The number of anilines is 1. The van der Waals surface area contributed by atoms with Crippen LogP contribution in [0.1, 0.15) is 51.3 Å². The van der Waals surface area contributed by atoms with Crippen molar-refractivity contribution in [3.05, 3.63) is 81.9 Å². The lowest BCUT2D eigenvalue weighted by atomic mass is 9.97. The number of carbonyl (C=O) groups excluding carboxylic acids is 1. The van der Waals surface area contributed by atoms with Gasteiger partial charge in [-0.1, -0.05) is 42.0 Å². The molecular weight excluding hydrogens is 541 g/mol. The molecule has 3 N–H and O–H groups in total. The van der Waals surface area contributed by atoms with Gasteiger partial charge in [0, 0.05) is 40.5 Å². The number of hydrazone groups is 1. The van der Waals surface area contributed by atoms with E-state index in [1.807, 2.05) is 20.8 Å². The standard InChI is InChI=1S/C30H36ClF3N4O2/c1-17(2)35-21(6)26-15-23(31)14-19(4)28(26)36-29(40)25(20(5)24-11-9-10-12-27(24)39)13-18(3)16-38(8)37-22(7)30(32,33)34/h9-15,17,35,39H,6,16H2,1-5,7-8H3,(H,36,40)/b18-13+,25-20-,37-22+. The Bertz CT molecular complexity index is 1360. The van der Waals surface area contributed by atoms with Crippen molar-refractivity contribution < 1.29 is 23.1 Å². The van der Waals surface area contributed by atoms with Crippen LogP contribution in [-0.4, -0.2) is 47.5 Å². The second-order valence-corrected chi connectivity index (χ2v) is 10.4. The van der Waals surface area contributed by atoms with Gasteiger partial charge < -0.3 is 15.7 Å². The quantitative estimate of drug-likeness (QED) is 0.118. The highest BCUT2D eigenvalue weighted by atomic mass is 35.5. The van der Waals surface area contributed by atoms with Gasteiger partial charge in [0.1, 0.15) is 11.5 Å². The van der Waals surface area contributed by atoms with Crippen molar-refractivity contribution >= 4 is 40.2 Å². The summed E-state index contributed by atoms with van der Waals surface area (Å²) in [5, 5.41) is 21.9. The number of halogens is 4. The van der Waals surface area contributed by atoms with Gasteiger partial charge in [-0.3, -0.25) is 9.80 Å². The average Bonchev–Trinajstić information content (AvgIpc) is 2.82. The van der Waals surface area contributed by atoms with Gasteiger partial charge in [0.25, 0.3) is 5.91 Å². The van der Waals surface area contributed by atoms with E-state index in [0.717, 1.165) is 11.9 Å². The molecular formula is C30H36ClF3N4O2. The van der Waals surface area contributed by atoms with Crippen LogP contribution in [0.2, 0.25) is 5.02 Å². The van der Waals surface area contributed by atoms with E-state index < -0.39 is 17.8 Å². The number of nitrogens with zero attached hydrogens (tertiary/aromatic N) is 2. The smallest absolute Gasteiger partial charge is 0.430 e. The summed E-state index contributed by atoms with van der Waals surface area (Å²) < 4.78 is 38.8. The predicted octanol–water partition coefficient (Wildman–Crippen LogP) is 7.55. The number of hydrogen-bond acceptors (Lipinski definition) is 5. The second kappa shape index (κ2) is 13.6. The number of hydrogen-bond donors (Lipinski definition) is 3. The van der Waals surface area contributed by atoms with Crippen LogP contribution in [0.25, 0.3) is 11.3 Å². The average molecular weight is 577 g/mol. The Labute approximate surface area is 238 Å². The summed E-state index contributed by atoms with van der Waals surface area (Å²) in [5.41, 5.74) is 3.11. The topological polar surface area (TPSA) is 77.0 Å². The van der Waals surface area contributed by atoms with E-state index in [1.165, 1.54) is 13.1 Å². The second-order valence-electron chi connectivity index (χ2n) is 9.92. The first kappa shape index (κ1) is 32.5. The molecule has 2 rings (SSSR count). The SMILES string of the molecule is C=C(NC(C)C)c1cc(Cl)cc(C)c1NC(=O)C(/C=C(\C)CN(C)/N=C(\C)C(F)(F)F)=C(/C)c1ccccc1O. The van der Waals surface area contributed by atoms with E-state index in [9.17, 15) is 23.1 Å². The fourth-order valence-corrected chi connectivity index (χ4v) is 4.31. The Balaban J connectivity index is 2.59. The van der Waals surface area contributed by atoms with Crippen molar-refractivity contribution in [3.63, 3.8) is 0 Å². The zero-order valence-corrected chi connectivity index (χ0v) is 24.6. The molecule has 0 atom stereocenters. The Morgan fingerprint density at radius 2 is 1.80 bits per heavy atom. The van der Waals surface area contributed by atoms with E-state index in [1.54, 1.807) is 50.3 Å². The number of nitrogens with one attached hydrogen (secondary N) is 2. The van der Waals surface area contributed by atoms with Crippen LogP contribution in [-0.2, 0) is 4.79 Å². The highest BCUT2D eigenvalue weighted by Crippen LogP contribution is 2.32. The third-order valence-electron chi connectivity index (χ3n) is 5.88. The number of aromatic hydroxyl groups is 1. The molecule has 0 fully saturated rings. The lowest BCUT2D eigenvalue weighted by Gasteiger charge is -2.21. The van der Waals surface area contributed by atoms with Gasteiger partial charge in [0.2, 0.25) is 0 Å². The monoisotopic (exact) mass is 576 g/mol. The summed E-state index contributed by atoms with van der Waals surface area (Å²) in [7, 11) is 1.42. The molecule has 0 aliphatic heterocycles. The fourth-order valence-electron chi connectivity index (χ4n) is 4.04. The van der Waals surface area contributed by atoms with Gasteiger partial charge in [-0.05, 0) is 77.0 Å². The first-order valence-corrected chi connectivity index (χ1v) is 13.0. The maximum atomic E-state index is 13.8. The summed E-state index contributed by atoms with van der Waals surface area (Å²) in [6.07, 6.45) is -2.96. The predicted molar refractivity (Wildman–Crippen MR) is 158 cm³/mol. The molecule has 0 spiro atoms. The molecule has 40 heavy (non-hydrogen) atoms. The van der Waals surface area contributed by atoms with Gasteiger partial charge in [0.05, 0.1) is 12.2 Å². The van der Waals surface area contributed by atoms with Crippen molar-refractivity contribution in [1.82, 2.24) is 10.3 Å². The van der Waals surface area contributed by atoms with Gasteiger partial charge in [0.15, 0.2) is 0 Å². The molecule has 0 radical (unpaired) electrons. The Morgan fingerprint density at radius 3 is 2.38 bits per heavy atom. The molecule has 0 aliphatic carbocycles. The van der Waals surface area contributed by atoms with Crippen molar-refractivity contribution in [3.8, 4) is 5.75 Å². The van der Waals surface area contributed by atoms with E-state index in [-0.39, 0.29) is 23.9 Å². The van der Waals surface area contributed by atoms with Crippen LogP contribution in [0.3, 0.4) is 0 Å². The summed E-state index contributed by atoms with van der Waals surface area (Å²) in [4.78, 5) is 13.8. The van der Waals surface area contributed by atoms with Gasteiger partial charge >= 0.3 is 6.18 Å². The summed E-state index contributed by atoms with van der Waals surface area (Å²) in [6, 6.07) is 10.1. The van der Waals surface area contributed by atoms with E-state index in [4.69, 9.17) is 11.6 Å². The highest BCUT2D eigenvalue weighted by Gasteiger charge is 2.32. The van der Waals surface area contributed by atoms with Gasteiger partial charge in [-0.15, -0.1) is 0 Å². The van der Waals surface area contributed by atoms with Gasteiger partial charge in [-0.25, -0.2) is 0 Å². The van der Waals surface area contributed by atoms with Crippen LogP contribution in [0.15, 0.2) is 65.3 Å². The molecule has 0 aromatic heterocycles. The van der Waals surface area contributed by atoms with Gasteiger partial charge in [-0.2, -0.15) is 18.3 Å². The zero-order chi connectivity index (χ0) is 30.4. The van der Waals surface area contributed by atoms with Crippen molar-refractivity contribution in [2.45, 2.75) is 53.8 Å². The number of carbonyl (C=O) groups is 1. The minimum absolute atomic E-state index is 0.0169. The summed E-state index contributed by atoms with van der Waals surface area (Å²) in [6.45, 7) is 14.1. The highest BCUT2D eigenvalue weighted by molar-refractivity contribution is 6.31. The molecule has 2 aromatic carbocycles. The zero-order valence-electron chi connectivity index (χ0n) is 23.8. The largest absolute Gasteiger partial charge is 0.507 e. The Morgan fingerprint density at radius 1 is 1.18 bits per heavy atom. The molecule has 0 saturated heterocycles. The Kier molecular flexibility index (Phi) is 11.0. The number of para-hydroxylation sites is 1. The van der Waals surface area contributed by atoms with E-state index in [0.29, 0.717) is 44.2 Å². The number of alkyl halides is 3. The molecule has 2 aromatic rings. The summed E-state index contributed by atoms with van der Waals surface area (Å²) in [5.74, 6) is -0.501. The minimum atomic E-state index is -4.54. The molecule has 0 saturated carbocycles. The lowest BCUT2D eigenvalue weighted by molar-refractivity contribution is -0.112. The number of phenols is 1. The fraction of sp³-hybridized carbons (Fsp3) is 0.333. The number of aryl methyl sites for hydroxylation is 1. The first-order chi connectivity index (χ1) is 18.5. The normalized spacial score (nSPS) is 13.2. The number of rotatable bonds is 10. The van der Waals surface area contributed by atoms with Crippen LogP contribution in [0.5, 0.6) is 5.75 Å². The maximum Gasteiger partial charge on any atom is 0.430 e. The molecule has 216 valence electrons. The third-order valence-corrected chi connectivity index (χ3v) is 6.10. The van der Waals surface area contributed by atoms with Crippen LogP contribution in [0, 0.1) is 6.92 Å². The molecule has 10 heteroatoms. The lowest BCUT2D eigenvalue weighted by Crippen LogP contribution is -2.25. The number of benzene rings is 2. The molecule has 6 nitrogen and oxygen atoms in total. The van der Waals surface area contributed by atoms with Crippen LogP contribution >= 0.6 is 11.6 Å². The van der Waals surface area contributed by atoms with Crippen molar-refractivity contribution in [1.29, 1.82) is 0 Å². The van der Waals surface area contributed by atoms with E-state index in [2.05, 4.69) is 22.3 Å². The van der Waals surface area contributed by atoms with Crippen molar-refractivity contribution in [2.24, 2.45) is 5.10 Å². The van der Waals surface area contributed by atoms with Crippen molar-refractivity contribution in [2.75, 3.05) is 18.9 Å². The number of amides is 1. The van der Waals surface area contributed by atoms with Crippen LogP contribution < -0.4 is 10.6 Å². The minimum Gasteiger partial charge on any atom is -0.507 e. The molecule has 0 unspecified atom stereocenters. The van der Waals surface area contributed by atoms with E-state index >= 15 is 0 Å². The van der Waals surface area contributed by atoms with Crippen LogP contribution in [0.4, 0.5) is 18.9 Å². The summed E-state index contributed by atoms with van der Waals surface area (Å²) >= 11 is 6.32. The number of allylic oxidation sites excluding steroid dienone is 1. The molecule has 0 aliphatic rings. The molecule has 0 bridgehead atoms. The maximum absolute atomic E-state index is 13.8.